The lowest BCUT2D eigenvalue weighted by Gasteiger charge is -2.22. The van der Waals surface area contributed by atoms with Crippen LogP contribution in [0.3, 0.4) is 0 Å². The molecule has 1 atom stereocenters. The highest BCUT2D eigenvalue weighted by Crippen LogP contribution is 2.07. The van der Waals surface area contributed by atoms with E-state index in [0.717, 1.165) is 6.42 Å². The van der Waals surface area contributed by atoms with E-state index in [1.165, 1.54) is 12.1 Å². The van der Waals surface area contributed by atoms with Crippen LogP contribution < -0.4 is 16.0 Å². The molecule has 3 amide bonds. The first-order valence-corrected chi connectivity index (χ1v) is 6.20. The van der Waals surface area contributed by atoms with E-state index < -0.39 is 18.0 Å². The van der Waals surface area contributed by atoms with E-state index in [0.29, 0.717) is 18.7 Å². The summed E-state index contributed by atoms with van der Waals surface area (Å²) in [6, 6.07) is 1.75. The minimum Gasteiger partial charge on any atom is -0.475 e. The lowest BCUT2D eigenvalue weighted by atomic mass is 10.1. The Hall–Kier alpha value is -2.51. The molecular weight excluding hydrogens is 266 g/mol. The zero-order valence-corrected chi connectivity index (χ0v) is 10.6. The molecule has 1 aromatic heterocycles. The predicted octanol–water partition coefficient (Wildman–Crippen LogP) is 0.0556. The Morgan fingerprint density at radius 2 is 2.25 bits per heavy atom. The third-order valence-corrected chi connectivity index (χ3v) is 2.89. The summed E-state index contributed by atoms with van der Waals surface area (Å²) < 4.78 is 4.99. The molecule has 8 nitrogen and oxygen atoms in total. The fourth-order valence-corrected chi connectivity index (χ4v) is 1.87. The third-order valence-electron chi connectivity index (χ3n) is 2.89. The van der Waals surface area contributed by atoms with Gasteiger partial charge in [-0.1, -0.05) is 0 Å². The summed E-state index contributed by atoms with van der Waals surface area (Å²) in [6.07, 6.45) is 1.42. The Balaban J connectivity index is 1.79. The van der Waals surface area contributed by atoms with Crippen molar-refractivity contribution < 1.29 is 23.9 Å². The molecule has 8 heteroatoms. The standard InChI is InChI=1S/C12H15N3O5/c16-10-8(2-1-5-13-10)15-12(19)14-6-7-3-4-9(20-7)11(17)18/h3-4,8H,1-2,5-6H2,(H,13,16)(H,17,18)(H2,14,15,19). The SMILES string of the molecule is O=C(NCc1ccc(C(=O)O)o1)NC1CCCNC1=O. The van der Waals surface area contributed by atoms with Crippen molar-refractivity contribution in [1.82, 2.24) is 16.0 Å². The van der Waals surface area contributed by atoms with Crippen molar-refractivity contribution in [2.75, 3.05) is 6.54 Å². The molecule has 1 aliphatic heterocycles. The van der Waals surface area contributed by atoms with Gasteiger partial charge < -0.3 is 25.5 Å². The number of carboxylic acid groups (broad SMARTS) is 1. The molecule has 1 saturated heterocycles. The molecule has 0 spiro atoms. The molecule has 0 aliphatic carbocycles. The molecule has 0 bridgehead atoms. The number of piperidine rings is 1. The summed E-state index contributed by atoms with van der Waals surface area (Å²) in [6.45, 7) is 0.677. The number of hydrogen-bond acceptors (Lipinski definition) is 4. The minimum atomic E-state index is -1.17. The number of urea groups is 1. The normalized spacial score (nSPS) is 18.2. The minimum absolute atomic E-state index is 0.0491. The first kappa shape index (κ1) is 13.9. The Morgan fingerprint density at radius 3 is 2.90 bits per heavy atom. The number of amides is 3. The van der Waals surface area contributed by atoms with Crippen LogP contribution in [0.5, 0.6) is 0 Å². The fourth-order valence-electron chi connectivity index (χ4n) is 1.87. The van der Waals surface area contributed by atoms with Crippen LogP contribution >= 0.6 is 0 Å². The van der Waals surface area contributed by atoms with Gasteiger partial charge in [-0.2, -0.15) is 0 Å². The van der Waals surface area contributed by atoms with Crippen LogP contribution in [0.25, 0.3) is 0 Å². The average molecular weight is 281 g/mol. The van der Waals surface area contributed by atoms with Gasteiger partial charge in [0.15, 0.2) is 0 Å². The quantitative estimate of drug-likeness (QED) is 0.621. The summed E-state index contributed by atoms with van der Waals surface area (Å²) >= 11 is 0. The number of furan rings is 1. The largest absolute Gasteiger partial charge is 0.475 e. The molecule has 108 valence electrons. The fraction of sp³-hybridized carbons (Fsp3) is 0.417. The van der Waals surface area contributed by atoms with Crippen LogP contribution in [0, 0.1) is 0 Å². The summed E-state index contributed by atoms with van der Waals surface area (Å²) in [7, 11) is 0. The smallest absolute Gasteiger partial charge is 0.371 e. The highest BCUT2D eigenvalue weighted by atomic mass is 16.4. The van der Waals surface area contributed by atoms with Crippen molar-refractivity contribution in [3.8, 4) is 0 Å². The summed E-state index contributed by atoms with van der Waals surface area (Å²) in [5.41, 5.74) is 0. The molecule has 1 unspecified atom stereocenters. The highest BCUT2D eigenvalue weighted by molar-refractivity contribution is 5.87. The van der Waals surface area contributed by atoms with Gasteiger partial charge in [0.05, 0.1) is 6.54 Å². The number of hydrogen-bond donors (Lipinski definition) is 4. The number of carboxylic acids is 1. The van der Waals surface area contributed by atoms with E-state index in [4.69, 9.17) is 9.52 Å². The molecule has 0 radical (unpaired) electrons. The van der Waals surface area contributed by atoms with E-state index in [-0.39, 0.29) is 18.2 Å². The summed E-state index contributed by atoms with van der Waals surface area (Å²) in [4.78, 5) is 33.7. The third kappa shape index (κ3) is 3.50. The molecule has 0 saturated carbocycles. The van der Waals surface area contributed by atoms with Crippen molar-refractivity contribution in [1.29, 1.82) is 0 Å². The van der Waals surface area contributed by atoms with Crippen LogP contribution in [-0.4, -0.2) is 35.6 Å². The van der Waals surface area contributed by atoms with Crippen LogP contribution in [0.4, 0.5) is 4.79 Å². The van der Waals surface area contributed by atoms with Gasteiger partial charge in [-0.3, -0.25) is 4.79 Å². The van der Waals surface area contributed by atoms with Crippen molar-refractivity contribution in [2.24, 2.45) is 0 Å². The predicted molar refractivity (Wildman–Crippen MR) is 67.1 cm³/mol. The van der Waals surface area contributed by atoms with Gasteiger partial charge in [-0.25, -0.2) is 9.59 Å². The second-order valence-electron chi connectivity index (χ2n) is 4.38. The number of rotatable bonds is 4. The molecule has 1 aromatic rings. The Labute approximate surface area is 114 Å². The maximum atomic E-state index is 11.6. The van der Waals surface area contributed by atoms with Crippen LogP contribution in [0.15, 0.2) is 16.5 Å². The zero-order chi connectivity index (χ0) is 14.5. The van der Waals surface area contributed by atoms with Gasteiger partial charge in [-0.15, -0.1) is 0 Å². The zero-order valence-electron chi connectivity index (χ0n) is 10.6. The lowest BCUT2D eigenvalue weighted by Crippen LogP contribution is -2.52. The second kappa shape index (κ2) is 6.09. The van der Waals surface area contributed by atoms with Crippen LogP contribution in [0.2, 0.25) is 0 Å². The lowest BCUT2D eigenvalue weighted by molar-refractivity contribution is -0.124. The second-order valence-corrected chi connectivity index (χ2v) is 4.38. The van der Waals surface area contributed by atoms with Gasteiger partial charge in [-0.05, 0) is 25.0 Å². The van der Waals surface area contributed by atoms with Crippen molar-refractivity contribution in [3.05, 3.63) is 23.7 Å². The van der Waals surface area contributed by atoms with Crippen LogP contribution in [0.1, 0.15) is 29.2 Å². The Bertz CT molecular complexity index is 525. The molecule has 20 heavy (non-hydrogen) atoms. The van der Waals surface area contributed by atoms with Crippen molar-refractivity contribution >= 4 is 17.9 Å². The maximum Gasteiger partial charge on any atom is 0.371 e. The molecule has 2 heterocycles. The Morgan fingerprint density at radius 1 is 1.45 bits per heavy atom. The molecular formula is C12H15N3O5. The van der Waals surface area contributed by atoms with E-state index in [2.05, 4.69) is 16.0 Å². The van der Waals surface area contributed by atoms with Gasteiger partial charge >= 0.3 is 12.0 Å². The van der Waals surface area contributed by atoms with Gasteiger partial charge in [0.2, 0.25) is 11.7 Å². The number of nitrogens with one attached hydrogen (secondary N) is 3. The average Bonchev–Trinajstić information content (AvgIpc) is 2.88. The maximum absolute atomic E-state index is 11.6. The number of carbonyl (C=O) groups excluding carboxylic acids is 2. The summed E-state index contributed by atoms with van der Waals surface area (Å²) in [5.74, 6) is -1.23. The monoisotopic (exact) mass is 281 g/mol. The Kier molecular flexibility index (Phi) is 4.24. The van der Waals surface area contributed by atoms with Gasteiger partial charge in [0, 0.05) is 6.54 Å². The molecule has 0 aromatic carbocycles. The molecule has 4 N–H and O–H groups in total. The topological polar surface area (TPSA) is 121 Å². The van der Waals surface area contributed by atoms with E-state index in [1.807, 2.05) is 0 Å². The van der Waals surface area contributed by atoms with Crippen LogP contribution in [-0.2, 0) is 11.3 Å². The van der Waals surface area contributed by atoms with E-state index in [9.17, 15) is 14.4 Å². The van der Waals surface area contributed by atoms with Crippen molar-refractivity contribution in [2.45, 2.75) is 25.4 Å². The molecule has 2 rings (SSSR count). The first-order chi connectivity index (χ1) is 9.56. The molecule has 1 aliphatic rings. The van der Waals surface area contributed by atoms with E-state index in [1.54, 1.807) is 0 Å². The van der Waals surface area contributed by atoms with Gasteiger partial charge in [0.1, 0.15) is 11.8 Å². The highest BCUT2D eigenvalue weighted by Gasteiger charge is 2.23. The number of carbonyl (C=O) groups is 3. The van der Waals surface area contributed by atoms with Gasteiger partial charge in [0.25, 0.3) is 0 Å². The summed E-state index contributed by atoms with van der Waals surface area (Å²) in [5, 5.41) is 16.4. The molecule has 1 fully saturated rings. The van der Waals surface area contributed by atoms with Crippen molar-refractivity contribution in [3.63, 3.8) is 0 Å². The first-order valence-electron chi connectivity index (χ1n) is 6.20. The van der Waals surface area contributed by atoms with E-state index >= 15 is 0 Å². The number of aromatic carboxylic acids is 1.